The Morgan fingerprint density at radius 2 is 2.40 bits per heavy atom. The highest BCUT2D eigenvalue weighted by molar-refractivity contribution is 7.09. The smallest absolute Gasteiger partial charge is 0.318 e. The number of hydrogen-bond donors (Lipinski definition) is 2. The Morgan fingerprint density at radius 3 is 3.00 bits per heavy atom. The summed E-state index contributed by atoms with van der Waals surface area (Å²) in [4.78, 5) is 28.9. The van der Waals surface area contributed by atoms with Gasteiger partial charge in [0.15, 0.2) is 0 Å². The highest BCUT2D eigenvalue weighted by Crippen LogP contribution is 2.20. The lowest BCUT2D eigenvalue weighted by molar-refractivity contribution is -0.142. The number of rotatable bonds is 5. The van der Waals surface area contributed by atoms with Crippen molar-refractivity contribution in [1.82, 2.24) is 15.2 Å². The van der Waals surface area contributed by atoms with Gasteiger partial charge in [0, 0.05) is 18.1 Å². The van der Waals surface area contributed by atoms with Crippen LogP contribution in [0.1, 0.15) is 11.9 Å². The zero-order valence-corrected chi connectivity index (χ0v) is 11.9. The van der Waals surface area contributed by atoms with Crippen molar-refractivity contribution in [1.29, 1.82) is 0 Å². The third-order valence-electron chi connectivity index (χ3n) is 3.24. The van der Waals surface area contributed by atoms with E-state index in [2.05, 4.69) is 10.3 Å². The van der Waals surface area contributed by atoms with Crippen LogP contribution in [0.25, 0.3) is 0 Å². The number of aliphatic carboxylic acids is 1. The number of nitrogens with one attached hydrogen (secondary N) is 1. The summed E-state index contributed by atoms with van der Waals surface area (Å²) in [5.74, 6) is -1.60. The first-order valence-corrected chi connectivity index (χ1v) is 7.24. The van der Waals surface area contributed by atoms with Crippen LogP contribution in [0.2, 0.25) is 0 Å². The maximum atomic E-state index is 12.2. The third-order valence-corrected chi connectivity index (χ3v) is 4.02. The van der Waals surface area contributed by atoms with Gasteiger partial charge in [0.1, 0.15) is 10.9 Å². The van der Waals surface area contributed by atoms with Crippen molar-refractivity contribution in [3.8, 4) is 0 Å². The number of nitrogens with zero attached hydrogens (tertiary/aromatic N) is 2. The Balaban J connectivity index is 1.96. The first-order valence-electron chi connectivity index (χ1n) is 6.36. The average molecular weight is 299 g/mol. The van der Waals surface area contributed by atoms with Gasteiger partial charge in [-0.25, -0.2) is 9.78 Å². The van der Waals surface area contributed by atoms with Gasteiger partial charge >= 0.3 is 12.0 Å². The molecule has 1 fully saturated rings. The lowest BCUT2D eigenvalue weighted by atomic mass is 10.0. The first kappa shape index (κ1) is 14.7. The fraction of sp³-hybridized carbons (Fsp3) is 0.583. The molecule has 110 valence electrons. The monoisotopic (exact) mass is 299 g/mol. The van der Waals surface area contributed by atoms with Crippen molar-refractivity contribution in [2.24, 2.45) is 5.92 Å². The molecule has 0 radical (unpaired) electrons. The van der Waals surface area contributed by atoms with Crippen LogP contribution < -0.4 is 5.32 Å². The SMILES string of the molecule is CCN(C(=O)NCc1nccs1)C1COCC1C(=O)O. The third kappa shape index (κ3) is 3.26. The van der Waals surface area contributed by atoms with Gasteiger partial charge < -0.3 is 20.1 Å². The van der Waals surface area contributed by atoms with E-state index in [0.717, 1.165) is 5.01 Å². The van der Waals surface area contributed by atoms with Gasteiger partial charge in [0.2, 0.25) is 0 Å². The molecule has 2 rings (SSSR count). The lowest BCUT2D eigenvalue weighted by Crippen LogP contribution is -2.50. The van der Waals surface area contributed by atoms with Crippen LogP contribution in [0.4, 0.5) is 4.79 Å². The zero-order chi connectivity index (χ0) is 14.5. The van der Waals surface area contributed by atoms with Crippen molar-refractivity contribution in [3.63, 3.8) is 0 Å². The Hall–Kier alpha value is -1.67. The summed E-state index contributed by atoms with van der Waals surface area (Å²) >= 11 is 1.46. The van der Waals surface area contributed by atoms with E-state index in [-0.39, 0.29) is 19.2 Å². The minimum atomic E-state index is -0.932. The van der Waals surface area contributed by atoms with Crippen LogP contribution in [-0.4, -0.2) is 52.8 Å². The maximum Gasteiger partial charge on any atom is 0.318 e. The van der Waals surface area contributed by atoms with Crippen molar-refractivity contribution in [2.45, 2.75) is 19.5 Å². The highest BCUT2D eigenvalue weighted by Gasteiger charge is 2.39. The molecule has 1 aromatic rings. The number of carbonyl (C=O) groups is 2. The van der Waals surface area contributed by atoms with Gasteiger partial charge in [-0.15, -0.1) is 11.3 Å². The van der Waals surface area contributed by atoms with Gasteiger partial charge in [-0.3, -0.25) is 4.79 Å². The standard InChI is InChI=1S/C12H17N3O4S/c1-2-15(9-7-19-6-8(9)11(16)17)12(18)14-5-10-13-3-4-20-10/h3-4,8-9H,2,5-7H2,1H3,(H,14,18)(H,16,17). The molecule has 1 aliphatic heterocycles. The summed E-state index contributed by atoms with van der Waals surface area (Å²) in [5, 5.41) is 14.6. The van der Waals surface area contributed by atoms with Gasteiger partial charge in [0.05, 0.1) is 25.8 Å². The van der Waals surface area contributed by atoms with E-state index >= 15 is 0 Å². The Morgan fingerprint density at radius 1 is 1.60 bits per heavy atom. The fourth-order valence-electron chi connectivity index (χ4n) is 2.21. The zero-order valence-electron chi connectivity index (χ0n) is 11.1. The second kappa shape index (κ2) is 6.67. The number of ether oxygens (including phenoxy) is 1. The van der Waals surface area contributed by atoms with E-state index in [1.54, 1.807) is 6.20 Å². The highest BCUT2D eigenvalue weighted by atomic mass is 32.1. The van der Waals surface area contributed by atoms with Gasteiger partial charge in [-0.05, 0) is 6.92 Å². The van der Waals surface area contributed by atoms with Gasteiger partial charge in [-0.1, -0.05) is 0 Å². The van der Waals surface area contributed by atoms with Gasteiger partial charge in [0.25, 0.3) is 0 Å². The molecule has 20 heavy (non-hydrogen) atoms. The summed E-state index contributed by atoms with van der Waals surface area (Å²) in [6.45, 7) is 3.01. The van der Waals surface area contributed by atoms with Crippen molar-refractivity contribution < 1.29 is 19.4 Å². The second-order valence-electron chi connectivity index (χ2n) is 4.42. The number of aromatic nitrogens is 1. The Kier molecular flexibility index (Phi) is 4.91. The molecule has 8 heteroatoms. The predicted octanol–water partition coefficient (Wildman–Crippen LogP) is 0.774. The number of amides is 2. The van der Waals surface area contributed by atoms with Crippen molar-refractivity contribution in [3.05, 3.63) is 16.6 Å². The van der Waals surface area contributed by atoms with E-state index in [1.165, 1.54) is 16.2 Å². The van der Waals surface area contributed by atoms with Crippen molar-refractivity contribution >= 4 is 23.3 Å². The molecular weight excluding hydrogens is 282 g/mol. The molecule has 0 saturated carbocycles. The number of hydrogen-bond acceptors (Lipinski definition) is 5. The summed E-state index contributed by atoms with van der Waals surface area (Å²) in [6.07, 6.45) is 1.68. The van der Waals surface area contributed by atoms with E-state index in [0.29, 0.717) is 13.1 Å². The molecule has 2 heterocycles. The molecule has 2 unspecified atom stereocenters. The summed E-state index contributed by atoms with van der Waals surface area (Å²) in [7, 11) is 0. The minimum absolute atomic E-state index is 0.149. The molecule has 0 bridgehead atoms. The molecule has 0 spiro atoms. The molecule has 2 atom stereocenters. The fourth-order valence-corrected chi connectivity index (χ4v) is 2.76. The van der Waals surface area contributed by atoms with Crippen LogP contribution >= 0.6 is 11.3 Å². The number of carbonyl (C=O) groups excluding carboxylic acids is 1. The van der Waals surface area contributed by atoms with Crippen LogP contribution in [0.15, 0.2) is 11.6 Å². The number of thiazole rings is 1. The number of urea groups is 1. The van der Waals surface area contributed by atoms with Crippen LogP contribution in [0, 0.1) is 5.92 Å². The number of likely N-dealkylation sites (N-methyl/N-ethyl adjacent to an activating group) is 1. The molecule has 0 aromatic carbocycles. The largest absolute Gasteiger partial charge is 0.481 e. The average Bonchev–Trinajstić information content (AvgIpc) is 3.08. The number of carboxylic acids is 1. The summed E-state index contributed by atoms with van der Waals surface area (Å²) in [5.41, 5.74) is 0. The van der Waals surface area contributed by atoms with Crippen LogP contribution in [0.3, 0.4) is 0 Å². The Bertz CT molecular complexity index is 465. The van der Waals surface area contributed by atoms with E-state index in [9.17, 15) is 9.59 Å². The lowest BCUT2D eigenvalue weighted by Gasteiger charge is -2.29. The Labute approximate surface area is 120 Å². The molecule has 1 aromatic heterocycles. The normalized spacial score (nSPS) is 21.6. The van der Waals surface area contributed by atoms with E-state index in [4.69, 9.17) is 9.84 Å². The molecular formula is C12H17N3O4S. The minimum Gasteiger partial charge on any atom is -0.481 e. The topological polar surface area (TPSA) is 91.8 Å². The van der Waals surface area contributed by atoms with Gasteiger partial charge in [-0.2, -0.15) is 0 Å². The first-order chi connectivity index (χ1) is 9.63. The second-order valence-corrected chi connectivity index (χ2v) is 5.40. The van der Waals surface area contributed by atoms with Crippen LogP contribution in [0.5, 0.6) is 0 Å². The molecule has 0 aliphatic carbocycles. The van der Waals surface area contributed by atoms with Crippen LogP contribution in [-0.2, 0) is 16.1 Å². The predicted molar refractivity (Wildman–Crippen MR) is 72.5 cm³/mol. The van der Waals surface area contributed by atoms with E-state index in [1.807, 2.05) is 12.3 Å². The quantitative estimate of drug-likeness (QED) is 0.838. The van der Waals surface area contributed by atoms with E-state index < -0.39 is 17.9 Å². The molecule has 1 saturated heterocycles. The maximum absolute atomic E-state index is 12.2. The summed E-state index contributed by atoms with van der Waals surface area (Å²) in [6, 6.07) is -0.710. The number of carboxylic acid groups (broad SMARTS) is 1. The molecule has 2 N–H and O–H groups in total. The van der Waals surface area contributed by atoms with Crippen molar-refractivity contribution in [2.75, 3.05) is 19.8 Å². The molecule has 7 nitrogen and oxygen atoms in total. The molecule has 2 amide bonds. The molecule has 1 aliphatic rings. The summed E-state index contributed by atoms with van der Waals surface area (Å²) < 4.78 is 5.20.